The van der Waals surface area contributed by atoms with Crippen LogP contribution in [0.25, 0.3) is 11.5 Å². The molecule has 0 atom stereocenters. The molecule has 0 saturated heterocycles. The molecule has 0 radical (unpaired) electrons. The van der Waals surface area contributed by atoms with E-state index in [9.17, 15) is 0 Å². The van der Waals surface area contributed by atoms with Gasteiger partial charge in [0.15, 0.2) is 6.07 Å². The number of thioether (sulfide) groups is 1. The molecular formula is C10H7N3OS. The normalized spacial score (nSPS) is 9.87. The minimum Gasteiger partial charge on any atom is -0.408 e. The van der Waals surface area contributed by atoms with E-state index in [0.717, 1.165) is 5.56 Å². The van der Waals surface area contributed by atoms with E-state index >= 15 is 0 Å². The van der Waals surface area contributed by atoms with Crippen LogP contribution in [-0.2, 0) is 0 Å². The minimum atomic E-state index is -0.0149. The van der Waals surface area contributed by atoms with Crippen molar-refractivity contribution in [1.29, 1.82) is 5.26 Å². The highest BCUT2D eigenvalue weighted by atomic mass is 32.2. The summed E-state index contributed by atoms with van der Waals surface area (Å²) in [6, 6.07) is 9.51. The zero-order chi connectivity index (χ0) is 10.7. The lowest BCUT2D eigenvalue weighted by atomic mass is 10.2. The van der Waals surface area contributed by atoms with Gasteiger partial charge >= 0.3 is 5.89 Å². The molecule has 5 heteroatoms. The lowest BCUT2D eigenvalue weighted by Crippen LogP contribution is -1.77. The van der Waals surface area contributed by atoms with Gasteiger partial charge in [-0.2, -0.15) is 5.26 Å². The van der Waals surface area contributed by atoms with E-state index in [1.165, 1.54) is 4.90 Å². The first-order chi connectivity index (χ1) is 7.33. The number of aromatic nitrogens is 2. The number of hydrogen-bond donors (Lipinski definition) is 0. The molecule has 4 nitrogen and oxygen atoms in total. The summed E-state index contributed by atoms with van der Waals surface area (Å²) in [5.41, 5.74) is 0.821. The molecule has 0 spiro atoms. The number of hydrogen-bond acceptors (Lipinski definition) is 5. The first-order valence-electron chi connectivity index (χ1n) is 4.21. The average molecular weight is 217 g/mol. The molecule has 1 aromatic carbocycles. The maximum absolute atomic E-state index is 8.53. The topological polar surface area (TPSA) is 62.7 Å². The van der Waals surface area contributed by atoms with Crippen molar-refractivity contribution in [2.75, 3.05) is 6.26 Å². The summed E-state index contributed by atoms with van der Waals surface area (Å²) in [5.74, 6) is 0.359. The Morgan fingerprint density at radius 2 is 2.00 bits per heavy atom. The van der Waals surface area contributed by atoms with Gasteiger partial charge in [0.05, 0.1) is 0 Å². The van der Waals surface area contributed by atoms with E-state index in [0.29, 0.717) is 5.89 Å². The average Bonchev–Trinajstić information content (AvgIpc) is 2.78. The van der Waals surface area contributed by atoms with Crippen LogP contribution >= 0.6 is 11.8 Å². The van der Waals surface area contributed by atoms with Gasteiger partial charge in [-0.1, -0.05) is 5.10 Å². The highest BCUT2D eigenvalue weighted by molar-refractivity contribution is 7.98. The van der Waals surface area contributed by atoms with Gasteiger partial charge in [-0.3, -0.25) is 0 Å². The Hall–Kier alpha value is -1.80. The maximum Gasteiger partial charge on any atom is 0.321 e. The van der Waals surface area contributed by atoms with E-state index in [4.69, 9.17) is 9.68 Å². The fourth-order valence-electron chi connectivity index (χ4n) is 1.12. The van der Waals surface area contributed by atoms with E-state index in [2.05, 4.69) is 10.2 Å². The SMILES string of the molecule is CSc1ccc(-c2nnc(C#N)o2)cc1. The van der Waals surface area contributed by atoms with Crippen LogP contribution in [0.1, 0.15) is 5.89 Å². The van der Waals surface area contributed by atoms with Crippen molar-refractivity contribution in [2.24, 2.45) is 0 Å². The molecule has 0 amide bonds. The van der Waals surface area contributed by atoms with Crippen molar-refractivity contribution < 1.29 is 4.42 Å². The van der Waals surface area contributed by atoms with Crippen molar-refractivity contribution in [2.45, 2.75) is 4.90 Å². The summed E-state index contributed by atoms with van der Waals surface area (Å²) in [4.78, 5) is 1.17. The Balaban J connectivity index is 2.33. The summed E-state index contributed by atoms with van der Waals surface area (Å²) in [6.45, 7) is 0. The fraction of sp³-hybridized carbons (Fsp3) is 0.100. The number of rotatable bonds is 2. The standard InChI is InChI=1S/C10H7N3OS/c1-15-8-4-2-7(3-5-8)10-13-12-9(6-11)14-10/h2-5H,1H3. The van der Waals surface area contributed by atoms with E-state index in [1.54, 1.807) is 17.8 Å². The fourth-order valence-corrected chi connectivity index (χ4v) is 1.53. The van der Waals surface area contributed by atoms with Gasteiger partial charge in [0, 0.05) is 10.5 Å². The monoisotopic (exact) mass is 217 g/mol. The van der Waals surface area contributed by atoms with Crippen molar-refractivity contribution in [1.82, 2.24) is 10.2 Å². The Morgan fingerprint density at radius 1 is 1.27 bits per heavy atom. The zero-order valence-corrected chi connectivity index (χ0v) is 8.78. The lowest BCUT2D eigenvalue weighted by molar-refractivity contribution is 0.553. The van der Waals surface area contributed by atoms with E-state index in [-0.39, 0.29) is 5.89 Å². The van der Waals surface area contributed by atoms with Crippen molar-refractivity contribution in [3.8, 4) is 17.5 Å². The van der Waals surface area contributed by atoms with Crippen LogP contribution in [0.15, 0.2) is 33.6 Å². The molecule has 1 heterocycles. The molecule has 0 aliphatic rings. The minimum absolute atomic E-state index is 0.0149. The second-order valence-corrected chi connectivity index (χ2v) is 3.63. The Labute approximate surface area is 90.9 Å². The molecule has 1 aromatic heterocycles. The highest BCUT2D eigenvalue weighted by Gasteiger charge is 2.06. The van der Waals surface area contributed by atoms with Crippen LogP contribution in [0.4, 0.5) is 0 Å². The smallest absolute Gasteiger partial charge is 0.321 e. The summed E-state index contributed by atoms with van der Waals surface area (Å²) >= 11 is 1.66. The second-order valence-electron chi connectivity index (χ2n) is 2.75. The third kappa shape index (κ3) is 2.00. The van der Waals surface area contributed by atoms with Gasteiger partial charge in [-0.05, 0) is 30.5 Å². The Bertz CT molecular complexity index is 498. The third-order valence-electron chi connectivity index (χ3n) is 1.86. The number of nitriles is 1. The molecule has 74 valence electrons. The predicted octanol–water partition coefficient (Wildman–Crippen LogP) is 2.33. The van der Waals surface area contributed by atoms with Crippen molar-refractivity contribution in [3.63, 3.8) is 0 Å². The van der Waals surface area contributed by atoms with Crippen LogP contribution in [-0.4, -0.2) is 16.5 Å². The molecule has 0 N–H and O–H groups in total. The molecular weight excluding hydrogens is 210 g/mol. The van der Waals surface area contributed by atoms with E-state index in [1.807, 2.05) is 30.5 Å². The first-order valence-corrected chi connectivity index (χ1v) is 5.44. The quantitative estimate of drug-likeness (QED) is 0.722. The molecule has 15 heavy (non-hydrogen) atoms. The predicted molar refractivity (Wildman–Crippen MR) is 56.2 cm³/mol. The summed E-state index contributed by atoms with van der Waals surface area (Å²) in [6.07, 6.45) is 2.01. The maximum atomic E-state index is 8.53. The summed E-state index contributed by atoms with van der Waals surface area (Å²) < 4.78 is 5.10. The Kier molecular flexibility index (Phi) is 2.70. The molecule has 0 aliphatic carbocycles. The lowest BCUT2D eigenvalue weighted by Gasteiger charge is -1.96. The zero-order valence-electron chi connectivity index (χ0n) is 7.97. The number of benzene rings is 1. The molecule has 0 fully saturated rings. The molecule has 0 saturated carbocycles. The Morgan fingerprint density at radius 3 is 2.53 bits per heavy atom. The van der Waals surface area contributed by atoms with Crippen LogP contribution in [0.2, 0.25) is 0 Å². The first kappa shape index (κ1) is 9.74. The molecule has 0 aliphatic heterocycles. The largest absolute Gasteiger partial charge is 0.408 e. The number of nitrogens with zero attached hydrogens (tertiary/aromatic N) is 3. The second kappa shape index (κ2) is 4.15. The van der Waals surface area contributed by atoms with Gasteiger partial charge in [0.2, 0.25) is 5.89 Å². The molecule has 2 aromatic rings. The van der Waals surface area contributed by atoms with Crippen LogP contribution in [0.3, 0.4) is 0 Å². The van der Waals surface area contributed by atoms with Gasteiger partial charge in [0.1, 0.15) is 0 Å². The van der Waals surface area contributed by atoms with Crippen LogP contribution < -0.4 is 0 Å². The molecule has 0 bridgehead atoms. The molecule has 2 rings (SSSR count). The summed E-state index contributed by atoms with van der Waals surface area (Å²) in [7, 11) is 0. The van der Waals surface area contributed by atoms with Gasteiger partial charge in [-0.15, -0.1) is 16.9 Å². The third-order valence-corrected chi connectivity index (χ3v) is 2.60. The van der Waals surface area contributed by atoms with E-state index < -0.39 is 0 Å². The molecule has 0 unspecified atom stereocenters. The van der Waals surface area contributed by atoms with Gasteiger partial charge in [0.25, 0.3) is 0 Å². The van der Waals surface area contributed by atoms with Gasteiger partial charge in [-0.25, -0.2) is 0 Å². The van der Waals surface area contributed by atoms with Crippen LogP contribution in [0, 0.1) is 11.3 Å². The van der Waals surface area contributed by atoms with Crippen molar-refractivity contribution in [3.05, 3.63) is 30.2 Å². The summed E-state index contributed by atoms with van der Waals surface area (Å²) in [5, 5.41) is 15.9. The van der Waals surface area contributed by atoms with Crippen molar-refractivity contribution >= 4 is 11.8 Å². The van der Waals surface area contributed by atoms with Crippen LogP contribution in [0.5, 0.6) is 0 Å². The highest BCUT2D eigenvalue weighted by Crippen LogP contribution is 2.21. The van der Waals surface area contributed by atoms with Gasteiger partial charge < -0.3 is 4.42 Å².